The molecule has 1 aromatic rings. The molecule has 2 rings (SSSR count). The van der Waals surface area contributed by atoms with Crippen LogP contribution in [0.15, 0.2) is 18.2 Å². The number of hydrogen-bond donors (Lipinski definition) is 2. The third-order valence-electron chi connectivity index (χ3n) is 3.85. The van der Waals surface area contributed by atoms with E-state index in [4.69, 9.17) is 5.11 Å². The van der Waals surface area contributed by atoms with Gasteiger partial charge in [0.1, 0.15) is 0 Å². The van der Waals surface area contributed by atoms with Gasteiger partial charge in [-0.3, -0.25) is 15.0 Å². The fraction of sp³-hybridized carbons (Fsp3) is 0.500. The van der Waals surface area contributed by atoms with Gasteiger partial charge in [0.2, 0.25) is 0 Å². The van der Waals surface area contributed by atoms with E-state index in [1.54, 1.807) is 0 Å². The second-order valence-corrected chi connectivity index (χ2v) is 5.42. The molecule has 7 heteroatoms. The molecule has 0 radical (unpaired) electrons. The Balaban J connectivity index is 2.10. The van der Waals surface area contributed by atoms with Crippen molar-refractivity contribution in [2.45, 2.75) is 31.8 Å². The zero-order chi connectivity index (χ0) is 15.6. The van der Waals surface area contributed by atoms with Gasteiger partial charge in [0, 0.05) is 30.8 Å². The number of benzene rings is 1. The van der Waals surface area contributed by atoms with Crippen LogP contribution < -0.4 is 5.32 Å². The number of carboxylic acids is 1. The standard InChI is InChI=1S/C14H19N3O4/c1-9(16(2)10-3-4-10)8-15-13-7-11(17(20)21)5-6-12(13)14(18)19/h5-7,9-10,15H,3-4,8H2,1-2H3,(H,18,19). The van der Waals surface area contributed by atoms with Crippen molar-refractivity contribution in [2.75, 3.05) is 18.9 Å². The van der Waals surface area contributed by atoms with Crippen LogP contribution in [0.25, 0.3) is 0 Å². The van der Waals surface area contributed by atoms with Crippen molar-refractivity contribution in [3.63, 3.8) is 0 Å². The van der Waals surface area contributed by atoms with E-state index in [-0.39, 0.29) is 23.0 Å². The Morgan fingerprint density at radius 1 is 1.57 bits per heavy atom. The number of carbonyl (C=O) groups is 1. The van der Waals surface area contributed by atoms with Gasteiger partial charge in [-0.15, -0.1) is 0 Å². The van der Waals surface area contributed by atoms with Crippen molar-refractivity contribution in [3.8, 4) is 0 Å². The van der Waals surface area contributed by atoms with Crippen LogP contribution in [0.1, 0.15) is 30.1 Å². The first-order chi connectivity index (χ1) is 9.90. The molecule has 2 N–H and O–H groups in total. The number of aromatic carboxylic acids is 1. The molecule has 1 fully saturated rings. The van der Waals surface area contributed by atoms with Gasteiger partial charge in [-0.2, -0.15) is 0 Å². The van der Waals surface area contributed by atoms with Crippen LogP contribution in [0.5, 0.6) is 0 Å². The van der Waals surface area contributed by atoms with Crippen LogP contribution in [-0.4, -0.2) is 46.6 Å². The Bertz CT molecular complexity index is 557. The minimum atomic E-state index is -1.10. The van der Waals surface area contributed by atoms with E-state index >= 15 is 0 Å². The van der Waals surface area contributed by atoms with Crippen molar-refractivity contribution < 1.29 is 14.8 Å². The Kier molecular flexibility index (Phi) is 4.42. The predicted octanol–water partition coefficient (Wildman–Crippen LogP) is 2.19. The van der Waals surface area contributed by atoms with Crippen molar-refractivity contribution in [3.05, 3.63) is 33.9 Å². The molecular weight excluding hydrogens is 274 g/mol. The molecule has 1 atom stereocenters. The number of nitrogens with zero attached hydrogens (tertiary/aromatic N) is 2. The van der Waals surface area contributed by atoms with E-state index < -0.39 is 10.9 Å². The van der Waals surface area contributed by atoms with Crippen LogP contribution in [0.2, 0.25) is 0 Å². The summed E-state index contributed by atoms with van der Waals surface area (Å²) in [5, 5.41) is 23.0. The van der Waals surface area contributed by atoms with Gasteiger partial charge >= 0.3 is 5.97 Å². The third kappa shape index (κ3) is 3.69. The summed E-state index contributed by atoms with van der Waals surface area (Å²) in [6.07, 6.45) is 2.38. The molecule has 1 aromatic carbocycles. The van der Waals surface area contributed by atoms with Gasteiger partial charge < -0.3 is 10.4 Å². The summed E-state index contributed by atoms with van der Waals surface area (Å²) < 4.78 is 0. The van der Waals surface area contributed by atoms with Gasteiger partial charge in [-0.05, 0) is 32.9 Å². The van der Waals surface area contributed by atoms with Gasteiger partial charge in [-0.25, -0.2) is 4.79 Å². The molecular formula is C14H19N3O4. The average Bonchev–Trinajstić information content (AvgIpc) is 3.27. The second kappa shape index (κ2) is 6.09. The van der Waals surface area contributed by atoms with Gasteiger partial charge in [0.05, 0.1) is 16.2 Å². The van der Waals surface area contributed by atoms with E-state index in [0.29, 0.717) is 12.6 Å². The Labute approximate surface area is 122 Å². The Morgan fingerprint density at radius 3 is 2.76 bits per heavy atom. The lowest BCUT2D eigenvalue weighted by atomic mass is 10.1. The highest BCUT2D eigenvalue weighted by atomic mass is 16.6. The molecule has 1 saturated carbocycles. The first-order valence-electron chi connectivity index (χ1n) is 6.87. The minimum Gasteiger partial charge on any atom is -0.478 e. The second-order valence-electron chi connectivity index (χ2n) is 5.42. The van der Waals surface area contributed by atoms with E-state index in [2.05, 4.69) is 10.2 Å². The molecule has 0 bridgehead atoms. The molecule has 0 spiro atoms. The average molecular weight is 293 g/mol. The predicted molar refractivity (Wildman–Crippen MR) is 78.8 cm³/mol. The number of anilines is 1. The summed E-state index contributed by atoms with van der Waals surface area (Å²) in [4.78, 5) is 23.7. The smallest absolute Gasteiger partial charge is 0.337 e. The van der Waals surface area contributed by atoms with Crippen molar-refractivity contribution in [1.82, 2.24) is 4.90 Å². The lowest BCUT2D eigenvalue weighted by molar-refractivity contribution is -0.384. The third-order valence-corrected chi connectivity index (χ3v) is 3.85. The minimum absolute atomic E-state index is 0.0434. The zero-order valence-electron chi connectivity index (χ0n) is 12.1. The molecule has 0 heterocycles. The molecule has 1 unspecified atom stereocenters. The summed E-state index contributed by atoms with van der Waals surface area (Å²) in [5.74, 6) is -1.10. The first-order valence-corrected chi connectivity index (χ1v) is 6.87. The number of likely N-dealkylation sites (N-methyl/N-ethyl adjacent to an activating group) is 1. The maximum absolute atomic E-state index is 11.2. The summed E-state index contributed by atoms with van der Waals surface area (Å²) in [7, 11) is 2.04. The molecule has 1 aliphatic rings. The van der Waals surface area contributed by atoms with E-state index in [1.165, 1.54) is 31.0 Å². The summed E-state index contributed by atoms with van der Waals surface area (Å²) in [5.41, 5.74) is 0.209. The SMILES string of the molecule is CC(CNc1cc([N+](=O)[O-])ccc1C(=O)O)N(C)C1CC1. The highest BCUT2D eigenvalue weighted by Gasteiger charge is 2.29. The van der Waals surface area contributed by atoms with Crippen molar-refractivity contribution in [1.29, 1.82) is 0 Å². The molecule has 1 aliphatic carbocycles. The highest BCUT2D eigenvalue weighted by molar-refractivity contribution is 5.94. The molecule has 0 amide bonds. The number of rotatable bonds is 7. The van der Waals surface area contributed by atoms with Crippen LogP contribution in [0.3, 0.4) is 0 Å². The van der Waals surface area contributed by atoms with Crippen molar-refractivity contribution >= 4 is 17.3 Å². The molecule has 0 aromatic heterocycles. The number of non-ortho nitro benzene ring substituents is 1. The maximum Gasteiger partial charge on any atom is 0.337 e. The number of carboxylic acid groups (broad SMARTS) is 1. The van der Waals surface area contributed by atoms with Crippen LogP contribution >= 0.6 is 0 Å². The fourth-order valence-corrected chi connectivity index (χ4v) is 2.22. The molecule has 0 saturated heterocycles. The highest BCUT2D eigenvalue weighted by Crippen LogP contribution is 2.27. The molecule has 0 aliphatic heterocycles. The van der Waals surface area contributed by atoms with Crippen molar-refractivity contribution in [2.24, 2.45) is 0 Å². The summed E-state index contributed by atoms with van der Waals surface area (Å²) in [6.45, 7) is 2.58. The Hall–Kier alpha value is -2.15. The lowest BCUT2D eigenvalue weighted by Gasteiger charge is -2.25. The number of nitro benzene ring substituents is 1. The topological polar surface area (TPSA) is 95.7 Å². The van der Waals surface area contributed by atoms with Crippen LogP contribution in [0, 0.1) is 10.1 Å². The summed E-state index contributed by atoms with van der Waals surface area (Å²) >= 11 is 0. The van der Waals surface area contributed by atoms with E-state index in [1.807, 2.05) is 14.0 Å². The lowest BCUT2D eigenvalue weighted by Crippen LogP contribution is -2.36. The molecule has 114 valence electrons. The van der Waals surface area contributed by atoms with Gasteiger partial charge in [-0.1, -0.05) is 0 Å². The zero-order valence-corrected chi connectivity index (χ0v) is 12.1. The number of nitro groups is 1. The molecule has 21 heavy (non-hydrogen) atoms. The Morgan fingerprint density at radius 2 is 2.24 bits per heavy atom. The molecule has 7 nitrogen and oxygen atoms in total. The van der Waals surface area contributed by atoms with Crippen LogP contribution in [0.4, 0.5) is 11.4 Å². The largest absolute Gasteiger partial charge is 0.478 e. The number of hydrogen-bond acceptors (Lipinski definition) is 5. The van der Waals surface area contributed by atoms with E-state index in [0.717, 1.165) is 0 Å². The van der Waals surface area contributed by atoms with E-state index in [9.17, 15) is 14.9 Å². The van der Waals surface area contributed by atoms with Crippen LogP contribution in [-0.2, 0) is 0 Å². The van der Waals surface area contributed by atoms with Gasteiger partial charge in [0.25, 0.3) is 5.69 Å². The van der Waals surface area contributed by atoms with Gasteiger partial charge in [0.15, 0.2) is 0 Å². The first kappa shape index (κ1) is 15.2. The fourth-order valence-electron chi connectivity index (χ4n) is 2.22. The maximum atomic E-state index is 11.2. The quantitative estimate of drug-likeness (QED) is 0.591. The normalized spacial score (nSPS) is 15.8. The summed E-state index contributed by atoms with van der Waals surface area (Å²) in [6, 6.07) is 4.56. The number of nitrogens with one attached hydrogen (secondary N) is 1. The monoisotopic (exact) mass is 293 g/mol.